The Kier molecular flexibility index (Phi) is 5.00. The van der Waals surface area contributed by atoms with Crippen molar-refractivity contribution < 1.29 is 18.3 Å². The summed E-state index contributed by atoms with van der Waals surface area (Å²) in [6, 6.07) is 5.64. The van der Waals surface area contributed by atoms with Gasteiger partial charge in [0, 0.05) is 18.5 Å². The second kappa shape index (κ2) is 6.58. The lowest BCUT2D eigenvalue weighted by atomic mass is 10.1. The van der Waals surface area contributed by atoms with Crippen LogP contribution in [0.1, 0.15) is 25.5 Å². The largest absolute Gasteiger partial charge is 0.462 e. The molecule has 114 valence electrons. The van der Waals surface area contributed by atoms with Crippen molar-refractivity contribution in [3.05, 3.63) is 46.2 Å². The topological polar surface area (TPSA) is 23.4 Å². The van der Waals surface area contributed by atoms with Gasteiger partial charge in [-0.2, -0.15) is 4.39 Å². The number of benzene rings is 1. The number of hydrogen-bond donors (Lipinski definition) is 0. The molecule has 1 heterocycles. The molecule has 21 heavy (non-hydrogen) atoms. The Morgan fingerprint density at radius 2 is 1.81 bits per heavy atom. The van der Waals surface area contributed by atoms with Crippen LogP contribution in [-0.2, 0) is 4.74 Å². The first-order chi connectivity index (χ1) is 9.97. The molecule has 0 fully saturated rings. The van der Waals surface area contributed by atoms with Crippen LogP contribution >= 0.6 is 15.9 Å². The van der Waals surface area contributed by atoms with E-state index in [1.165, 1.54) is 35.9 Å². The van der Waals surface area contributed by atoms with Gasteiger partial charge in [-0.1, -0.05) is 13.8 Å². The van der Waals surface area contributed by atoms with E-state index in [2.05, 4.69) is 15.9 Å². The van der Waals surface area contributed by atoms with Crippen molar-refractivity contribution in [3.8, 4) is 11.4 Å². The van der Waals surface area contributed by atoms with Crippen molar-refractivity contribution in [2.24, 2.45) is 0 Å². The molecule has 0 amide bonds. The van der Waals surface area contributed by atoms with Gasteiger partial charge >= 0.3 is 0 Å². The minimum atomic E-state index is -0.547. The number of halogens is 3. The molecule has 0 aliphatic carbocycles. The minimum Gasteiger partial charge on any atom is -0.462 e. The van der Waals surface area contributed by atoms with Crippen molar-refractivity contribution in [1.82, 2.24) is 4.57 Å². The van der Waals surface area contributed by atoms with Gasteiger partial charge in [-0.25, -0.2) is 4.39 Å². The lowest BCUT2D eigenvalue weighted by Crippen LogP contribution is -2.05. The molecule has 0 radical (unpaired) electrons. The normalized spacial score (nSPS) is 11.2. The SMILES string of the molecule is COCOc1c(Br)c(C(C)C)n(-c2ccc(F)cc2)c1F. The summed E-state index contributed by atoms with van der Waals surface area (Å²) < 4.78 is 39.8. The summed E-state index contributed by atoms with van der Waals surface area (Å²) in [6.07, 6.45) is 0. The Morgan fingerprint density at radius 3 is 2.33 bits per heavy atom. The number of ether oxygens (including phenoxy) is 2. The molecule has 0 aliphatic rings. The number of nitrogens with zero attached hydrogens (tertiary/aromatic N) is 1. The molecule has 1 aromatic heterocycles. The third-order valence-electron chi connectivity index (χ3n) is 3.00. The van der Waals surface area contributed by atoms with Gasteiger partial charge in [-0.3, -0.25) is 4.57 Å². The second-order valence-corrected chi connectivity index (χ2v) is 5.63. The zero-order valence-corrected chi connectivity index (χ0v) is 13.6. The highest BCUT2D eigenvalue weighted by Crippen LogP contribution is 2.40. The van der Waals surface area contributed by atoms with Crippen LogP contribution in [0.3, 0.4) is 0 Å². The maximum absolute atomic E-state index is 14.7. The van der Waals surface area contributed by atoms with Crippen LogP contribution in [0, 0.1) is 11.8 Å². The molecule has 2 rings (SSSR count). The van der Waals surface area contributed by atoms with Crippen LogP contribution in [-0.4, -0.2) is 18.5 Å². The Balaban J connectivity index is 2.60. The first-order valence-corrected chi connectivity index (χ1v) is 7.24. The van der Waals surface area contributed by atoms with Crippen LogP contribution in [0.25, 0.3) is 5.69 Å². The molecule has 0 bridgehead atoms. The van der Waals surface area contributed by atoms with Crippen molar-refractivity contribution in [3.63, 3.8) is 0 Å². The van der Waals surface area contributed by atoms with E-state index in [4.69, 9.17) is 9.47 Å². The van der Waals surface area contributed by atoms with Gasteiger partial charge in [0.1, 0.15) is 5.82 Å². The van der Waals surface area contributed by atoms with Crippen LogP contribution in [0.15, 0.2) is 28.7 Å². The standard InChI is InChI=1S/C15H16BrF2NO2/c1-9(2)13-12(16)14(21-8-20-3)15(18)19(13)11-6-4-10(17)5-7-11/h4-7,9H,8H2,1-3H3. The number of aromatic nitrogens is 1. The number of methoxy groups -OCH3 is 1. The van der Waals surface area contributed by atoms with E-state index in [0.717, 1.165) is 0 Å². The minimum absolute atomic E-state index is 0.0406. The predicted molar refractivity (Wildman–Crippen MR) is 80.0 cm³/mol. The zero-order valence-electron chi connectivity index (χ0n) is 12.0. The summed E-state index contributed by atoms with van der Waals surface area (Å²) >= 11 is 3.38. The average molecular weight is 360 g/mol. The lowest BCUT2D eigenvalue weighted by molar-refractivity contribution is 0.0475. The number of rotatable bonds is 5. The van der Waals surface area contributed by atoms with Gasteiger partial charge in [0.2, 0.25) is 5.95 Å². The molecule has 1 aromatic carbocycles. The van der Waals surface area contributed by atoms with Gasteiger partial charge in [0.15, 0.2) is 12.5 Å². The number of hydrogen-bond acceptors (Lipinski definition) is 2. The van der Waals surface area contributed by atoms with Crippen molar-refractivity contribution in [2.75, 3.05) is 13.9 Å². The maximum Gasteiger partial charge on any atom is 0.242 e. The first-order valence-electron chi connectivity index (χ1n) is 6.44. The first kappa shape index (κ1) is 16.0. The Morgan fingerprint density at radius 1 is 1.19 bits per heavy atom. The van der Waals surface area contributed by atoms with Gasteiger partial charge in [-0.05, 0) is 46.1 Å². The molecule has 0 N–H and O–H groups in total. The lowest BCUT2D eigenvalue weighted by Gasteiger charge is -2.12. The second-order valence-electron chi connectivity index (χ2n) is 4.84. The van der Waals surface area contributed by atoms with Gasteiger partial charge < -0.3 is 9.47 Å². The predicted octanol–water partition coefficient (Wildman–Crippen LogP) is 4.62. The fourth-order valence-electron chi connectivity index (χ4n) is 2.11. The molecule has 0 aliphatic heterocycles. The van der Waals surface area contributed by atoms with Gasteiger partial charge in [0.05, 0.1) is 4.47 Å². The quantitative estimate of drug-likeness (QED) is 0.727. The Bertz CT molecular complexity index is 624. The summed E-state index contributed by atoms with van der Waals surface area (Å²) in [4.78, 5) is 0. The molecule has 0 saturated carbocycles. The van der Waals surface area contributed by atoms with E-state index < -0.39 is 5.95 Å². The Hall–Kier alpha value is -1.40. The highest BCUT2D eigenvalue weighted by Gasteiger charge is 2.25. The van der Waals surface area contributed by atoms with Gasteiger partial charge in [-0.15, -0.1) is 0 Å². The summed E-state index contributed by atoms with van der Waals surface area (Å²) in [5.41, 5.74) is 1.25. The summed E-state index contributed by atoms with van der Waals surface area (Å²) in [5.74, 6) is -0.787. The molecule has 0 atom stereocenters. The molecule has 0 spiro atoms. The molecular weight excluding hydrogens is 344 g/mol. The molecule has 0 unspecified atom stereocenters. The molecule has 0 saturated heterocycles. The molecule has 6 heteroatoms. The maximum atomic E-state index is 14.7. The van der Waals surface area contributed by atoms with Gasteiger partial charge in [0.25, 0.3) is 0 Å². The van der Waals surface area contributed by atoms with E-state index >= 15 is 0 Å². The van der Waals surface area contributed by atoms with E-state index in [9.17, 15) is 8.78 Å². The van der Waals surface area contributed by atoms with E-state index in [-0.39, 0.29) is 24.3 Å². The van der Waals surface area contributed by atoms with Crippen molar-refractivity contribution in [2.45, 2.75) is 19.8 Å². The van der Waals surface area contributed by atoms with Crippen LogP contribution < -0.4 is 4.74 Å². The van der Waals surface area contributed by atoms with Crippen LogP contribution in [0.4, 0.5) is 8.78 Å². The smallest absolute Gasteiger partial charge is 0.242 e. The van der Waals surface area contributed by atoms with E-state index in [1.54, 1.807) is 0 Å². The molecule has 3 nitrogen and oxygen atoms in total. The van der Waals surface area contributed by atoms with Crippen LogP contribution in [0.5, 0.6) is 5.75 Å². The highest BCUT2D eigenvalue weighted by atomic mass is 79.9. The third-order valence-corrected chi connectivity index (χ3v) is 3.77. The van der Waals surface area contributed by atoms with E-state index in [1.807, 2.05) is 13.8 Å². The third kappa shape index (κ3) is 3.11. The monoisotopic (exact) mass is 359 g/mol. The molecule has 2 aromatic rings. The highest BCUT2D eigenvalue weighted by molar-refractivity contribution is 9.10. The molecular formula is C15H16BrF2NO2. The van der Waals surface area contributed by atoms with Crippen LogP contribution in [0.2, 0.25) is 0 Å². The fourth-order valence-corrected chi connectivity index (χ4v) is 3.02. The van der Waals surface area contributed by atoms with Crippen molar-refractivity contribution >= 4 is 15.9 Å². The summed E-state index contributed by atoms with van der Waals surface area (Å²) in [6.45, 7) is 3.83. The average Bonchev–Trinajstić information content (AvgIpc) is 2.69. The Labute approximate surface area is 130 Å². The van der Waals surface area contributed by atoms with E-state index in [0.29, 0.717) is 15.9 Å². The van der Waals surface area contributed by atoms with Crippen molar-refractivity contribution in [1.29, 1.82) is 0 Å². The zero-order chi connectivity index (χ0) is 15.6. The fraction of sp³-hybridized carbons (Fsp3) is 0.333. The summed E-state index contributed by atoms with van der Waals surface area (Å²) in [5, 5.41) is 0. The summed E-state index contributed by atoms with van der Waals surface area (Å²) in [7, 11) is 1.46.